The Morgan fingerprint density at radius 2 is 2.45 bits per heavy atom. The fourth-order valence-corrected chi connectivity index (χ4v) is 1.38. The van der Waals surface area contributed by atoms with Gasteiger partial charge >= 0.3 is 0 Å². The van der Waals surface area contributed by atoms with Crippen molar-refractivity contribution in [2.45, 2.75) is 26.2 Å². The molecule has 3 heteroatoms. The van der Waals surface area contributed by atoms with Gasteiger partial charge in [-0.3, -0.25) is 4.79 Å². The van der Waals surface area contributed by atoms with E-state index in [-0.39, 0.29) is 17.6 Å². The molecule has 1 unspecified atom stereocenters. The number of hydrogen-bond donors (Lipinski definition) is 1. The van der Waals surface area contributed by atoms with Gasteiger partial charge in [0.15, 0.2) is 0 Å². The molecule has 1 heterocycles. The predicted octanol–water partition coefficient (Wildman–Crippen LogP) is 0.492. The summed E-state index contributed by atoms with van der Waals surface area (Å²) in [6, 6.07) is 0. The van der Waals surface area contributed by atoms with Crippen molar-refractivity contribution < 1.29 is 9.59 Å². The maximum absolute atomic E-state index is 11.1. The first kappa shape index (κ1) is 8.24. The van der Waals surface area contributed by atoms with Crippen molar-refractivity contribution in [3.05, 3.63) is 0 Å². The van der Waals surface area contributed by atoms with Crippen LogP contribution < -0.4 is 5.32 Å². The van der Waals surface area contributed by atoms with E-state index in [9.17, 15) is 9.59 Å². The van der Waals surface area contributed by atoms with Crippen LogP contribution in [0.4, 0.5) is 0 Å². The normalized spacial score (nSPS) is 24.5. The molecule has 62 valence electrons. The van der Waals surface area contributed by atoms with Crippen LogP contribution in [-0.2, 0) is 9.59 Å². The lowest BCUT2D eigenvalue weighted by molar-refractivity contribution is -0.130. The van der Waals surface area contributed by atoms with Crippen LogP contribution in [0.5, 0.6) is 0 Å². The van der Waals surface area contributed by atoms with E-state index in [1.54, 1.807) is 0 Å². The Morgan fingerprint density at radius 3 is 3.00 bits per heavy atom. The molecular weight excluding hydrogens is 142 g/mol. The number of carbonyl (C=O) groups excluding carboxylic acids is 2. The van der Waals surface area contributed by atoms with Gasteiger partial charge in [0.25, 0.3) is 0 Å². The summed E-state index contributed by atoms with van der Waals surface area (Å²) in [4.78, 5) is 21.7. The maximum atomic E-state index is 11.1. The summed E-state index contributed by atoms with van der Waals surface area (Å²) in [5, 5.41) is 2.75. The van der Waals surface area contributed by atoms with Crippen LogP contribution in [0.15, 0.2) is 0 Å². The van der Waals surface area contributed by atoms with Crippen LogP contribution in [0.1, 0.15) is 26.2 Å². The van der Waals surface area contributed by atoms with Crippen molar-refractivity contribution in [1.29, 1.82) is 0 Å². The molecule has 0 aromatic carbocycles. The zero-order chi connectivity index (χ0) is 8.27. The number of hydrogen-bond acceptors (Lipinski definition) is 2. The second-order valence-corrected chi connectivity index (χ2v) is 3.04. The summed E-state index contributed by atoms with van der Waals surface area (Å²) in [5.74, 6) is 0.0970. The summed E-state index contributed by atoms with van der Waals surface area (Å²) in [7, 11) is 0. The minimum Gasteiger partial charge on any atom is -0.356 e. The lowest BCUT2D eigenvalue weighted by atomic mass is 9.94. The van der Waals surface area contributed by atoms with Gasteiger partial charge in [-0.15, -0.1) is 0 Å². The van der Waals surface area contributed by atoms with Gasteiger partial charge in [-0.2, -0.15) is 0 Å². The fourth-order valence-electron chi connectivity index (χ4n) is 1.38. The number of ketones is 1. The lowest BCUT2D eigenvalue weighted by Gasteiger charge is -2.20. The Kier molecular flexibility index (Phi) is 2.63. The number of rotatable bonds is 2. The van der Waals surface area contributed by atoms with E-state index in [1.807, 2.05) is 0 Å². The second kappa shape index (κ2) is 3.51. The van der Waals surface area contributed by atoms with Gasteiger partial charge in [-0.1, -0.05) is 0 Å². The van der Waals surface area contributed by atoms with Crippen molar-refractivity contribution >= 4 is 11.7 Å². The van der Waals surface area contributed by atoms with Gasteiger partial charge in [-0.05, 0) is 19.8 Å². The van der Waals surface area contributed by atoms with Gasteiger partial charge in [0.1, 0.15) is 5.78 Å². The molecule has 1 atom stereocenters. The number of carbonyl (C=O) groups is 2. The van der Waals surface area contributed by atoms with Crippen LogP contribution in [0.3, 0.4) is 0 Å². The average Bonchev–Trinajstić information content (AvgIpc) is 1.93. The highest BCUT2D eigenvalue weighted by atomic mass is 16.2. The van der Waals surface area contributed by atoms with E-state index >= 15 is 0 Å². The summed E-state index contributed by atoms with van der Waals surface area (Å²) in [6.45, 7) is 2.30. The Labute approximate surface area is 66.2 Å². The van der Waals surface area contributed by atoms with Gasteiger partial charge < -0.3 is 10.1 Å². The van der Waals surface area contributed by atoms with E-state index < -0.39 is 0 Å². The molecule has 0 radical (unpaired) electrons. The van der Waals surface area contributed by atoms with E-state index in [1.165, 1.54) is 6.92 Å². The van der Waals surface area contributed by atoms with Gasteiger partial charge in [-0.25, -0.2) is 0 Å². The smallest absolute Gasteiger partial charge is 0.223 e. The first-order valence-electron chi connectivity index (χ1n) is 3.97. The maximum Gasteiger partial charge on any atom is 0.223 e. The quantitative estimate of drug-likeness (QED) is 0.631. The third-order valence-electron chi connectivity index (χ3n) is 1.93. The Bertz CT molecular complexity index is 177. The standard InChI is InChI=1S/C8H13NO2/c1-6(10)5-7-3-2-4-9-8(7)11/h7H,2-5H2,1H3,(H,9,11). The zero-order valence-corrected chi connectivity index (χ0v) is 6.72. The monoisotopic (exact) mass is 155 g/mol. The van der Waals surface area contributed by atoms with Crippen molar-refractivity contribution in [2.75, 3.05) is 6.54 Å². The second-order valence-electron chi connectivity index (χ2n) is 3.04. The summed E-state index contributed by atoms with van der Waals surface area (Å²) < 4.78 is 0. The SMILES string of the molecule is CC(=O)CC1CCCNC1=O. The number of amides is 1. The van der Waals surface area contributed by atoms with Gasteiger partial charge in [0.2, 0.25) is 5.91 Å². The molecule has 1 aliphatic heterocycles. The molecule has 0 aromatic heterocycles. The molecule has 1 aliphatic rings. The topological polar surface area (TPSA) is 46.2 Å². The molecule has 0 aromatic rings. The van der Waals surface area contributed by atoms with E-state index in [2.05, 4.69) is 5.32 Å². The minimum absolute atomic E-state index is 0.0476. The summed E-state index contributed by atoms with van der Waals surface area (Å²) >= 11 is 0. The highest BCUT2D eigenvalue weighted by Gasteiger charge is 2.22. The fraction of sp³-hybridized carbons (Fsp3) is 0.750. The first-order chi connectivity index (χ1) is 5.20. The molecular formula is C8H13NO2. The lowest BCUT2D eigenvalue weighted by Crippen LogP contribution is -2.37. The van der Waals surface area contributed by atoms with E-state index in [0.717, 1.165) is 19.4 Å². The van der Waals surface area contributed by atoms with Crippen LogP contribution in [0.2, 0.25) is 0 Å². The molecule has 0 bridgehead atoms. The van der Waals surface area contributed by atoms with E-state index in [4.69, 9.17) is 0 Å². The van der Waals surface area contributed by atoms with Crippen molar-refractivity contribution in [1.82, 2.24) is 5.32 Å². The molecule has 1 amide bonds. The first-order valence-corrected chi connectivity index (χ1v) is 3.97. The Balaban J connectivity index is 2.42. The van der Waals surface area contributed by atoms with Crippen LogP contribution in [0.25, 0.3) is 0 Å². The van der Waals surface area contributed by atoms with Crippen molar-refractivity contribution in [3.8, 4) is 0 Å². The highest BCUT2D eigenvalue weighted by molar-refractivity contribution is 5.85. The zero-order valence-electron chi connectivity index (χ0n) is 6.72. The summed E-state index contributed by atoms with van der Waals surface area (Å²) in [6.07, 6.45) is 2.28. The number of nitrogens with one attached hydrogen (secondary N) is 1. The Morgan fingerprint density at radius 1 is 1.73 bits per heavy atom. The van der Waals surface area contributed by atoms with Gasteiger partial charge in [0, 0.05) is 18.9 Å². The van der Waals surface area contributed by atoms with E-state index in [0.29, 0.717) is 6.42 Å². The van der Waals surface area contributed by atoms with Crippen LogP contribution in [0, 0.1) is 5.92 Å². The largest absolute Gasteiger partial charge is 0.356 e. The van der Waals surface area contributed by atoms with Gasteiger partial charge in [0.05, 0.1) is 0 Å². The van der Waals surface area contributed by atoms with Crippen LogP contribution >= 0.6 is 0 Å². The molecule has 1 fully saturated rings. The third-order valence-corrected chi connectivity index (χ3v) is 1.93. The molecule has 3 nitrogen and oxygen atoms in total. The predicted molar refractivity (Wildman–Crippen MR) is 41.0 cm³/mol. The molecule has 1 saturated heterocycles. The highest BCUT2D eigenvalue weighted by Crippen LogP contribution is 2.15. The molecule has 0 spiro atoms. The van der Waals surface area contributed by atoms with Crippen molar-refractivity contribution in [3.63, 3.8) is 0 Å². The van der Waals surface area contributed by atoms with Crippen LogP contribution in [-0.4, -0.2) is 18.2 Å². The molecule has 1 N–H and O–H groups in total. The molecule has 11 heavy (non-hydrogen) atoms. The van der Waals surface area contributed by atoms with Crippen molar-refractivity contribution in [2.24, 2.45) is 5.92 Å². The molecule has 1 rings (SSSR count). The average molecular weight is 155 g/mol. The number of Topliss-reactive ketones (excluding diaryl/α,β-unsaturated/α-hetero) is 1. The minimum atomic E-state index is -0.0544. The molecule has 0 saturated carbocycles. The molecule has 0 aliphatic carbocycles. The number of piperidine rings is 1. The summed E-state index contributed by atoms with van der Waals surface area (Å²) in [5.41, 5.74) is 0. The third kappa shape index (κ3) is 2.33. The Hall–Kier alpha value is -0.860.